The van der Waals surface area contributed by atoms with Gasteiger partial charge in [0.05, 0.1) is 17.8 Å². The van der Waals surface area contributed by atoms with Crippen molar-refractivity contribution in [2.24, 2.45) is 0 Å². The Morgan fingerprint density at radius 1 is 1.29 bits per heavy atom. The summed E-state index contributed by atoms with van der Waals surface area (Å²) in [5, 5.41) is 11.6. The quantitative estimate of drug-likeness (QED) is 0.843. The molecule has 0 radical (unpaired) electrons. The second kappa shape index (κ2) is 7.22. The molecule has 1 aliphatic rings. The Labute approximate surface area is 124 Å². The van der Waals surface area contributed by atoms with Crippen molar-refractivity contribution in [1.82, 2.24) is 5.32 Å². The summed E-state index contributed by atoms with van der Waals surface area (Å²) in [5.41, 5.74) is 1.14. The van der Waals surface area contributed by atoms with E-state index in [0.29, 0.717) is 19.1 Å². The van der Waals surface area contributed by atoms with E-state index >= 15 is 0 Å². The van der Waals surface area contributed by atoms with Gasteiger partial charge >= 0.3 is 5.97 Å². The lowest BCUT2D eigenvalue weighted by Gasteiger charge is -2.11. The second-order valence-electron chi connectivity index (χ2n) is 5.46. The van der Waals surface area contributed by atoms with Gasteiger partial charge in [0.2, 0.25) is 5.91 Å². The maximum Gasteiger partial charge on any atom is 0.335 e. The third kappa shape index (κ3) is 4.86. The normalized spacial score (nSPS) is 21.2. The highest BCUT2D eigenvalue weighted by Gasteiger charge is 2.22. The molecule has 0 bridgehead atoms. The van der Waals surface area contributed by atoms with Crippen LogP contribution >= 0.6 is 0 Å². The molecule has 0 aliphatic carbocycles. The molecule has 1 saturated heterocycles. The molecule has 21 heavy (non-hydrogen) atoms. The number of rotatable bonds is 6. The maximum atomic E-state index is 11.8. The first-order valence-electron chi connectivity index (χ1n) is 7.29. The summed E-state index contributed by atoms with van der Waals surface area (Å²) < 4.78 is 5.67. The van der Waals surface area contributed by atoms with Crippen LogP contribution < -0.4 is 5.32 Å². The Morgan fingerprint density at radius 3 is 2.57 bits per heavy atom. The van der Waals surface area contributed by atoms with E-state index in [1.54, 1.807) is 12.1 Å². The number of aromatic carboxylic acids is 1. The average molecular weight is 291 g/mol. The highest BCUT2D eigenvalue weighted by Crippen LogP contribution is 2.22. The molecule has 2 rings (SSSR count). The highest BCUT2D eigenvalue weighted by atomic mass is 16.5. The molecule has 2 atom stereocenters. The molecule has 1 aromatic rings. The fourth-order valence-corrected chi connectivity index (χ4v) is 2.44. The summed E-state index contributed by atoms with van der Waals surface area (Å²) in [5.74, 6) is -0.947. The number of amides is 1. The zero-order valence-corrected chi connectivity index (χ0v) is 12.2. The smallest absolute Gasteiger partial charge is 0.335 e. The first-order valence-corrected chi connectivity index (χ1v) is 7.29. The van der Waals surface area contributed by atoms with Crippen molar-refractivity contribution in [3.63, 3.8) is 0 Å². The van der Waals surface area contributed by atoms with Gasteiger partial charge in [-0.25, -0.2) is 4.79 Å². The lowest BCUT2D eigenvalue weighted by atomic mass is 10.1. The molecule has 1 fully saturated rings. The van der Waals surface area contributed by atoms with Gasteiger partial charge in [0.25, 0.3) is 0 Å². The van der Waals surface area contributed by atoms with Crippen LogP contribution in [0.15, 0.2) is 24.3 Å². The molecule has 2 N–H and O–H groups in total. The lowest BCUT2D eigenvalue weighted by Crippen LogP contribution is -2.24. The Balaban J connectivity index is 1.69. The minimum absolute atomic E-state index is 0.000430. The monoisotopic (exact) mass is 291 g/mol. The number of hydrogen-bond acceptors (Lipinski definition) is 3. The fourth-order valence-electron chi connectivity index (χ4n) is 2.44. The SMILES string of the molecule is C[C@H]1CC[C@@H](CCC(=O)NCc2ccc(C(=O)O)cc2)O1. The van der Waals surface area contributed by atoms with E-state index in [2.05, 4.69) is 12.2 Å². The van der Waals surface area contributed by atoms with Crippen molar-refractivity contribution >= 4 is 11.9 Å². The Hall–Kier alpha value is -1.88. The molecule has 5 heteroatoms. The van der Waals surface area contributed by atoms with E-state index in [-0.39, 0.29) is 17.6 Å². The summed E-state index contributed by atoms with van der Waals surface area (Å²) in [6.45, 7) is 2.47. The molecule has 0 saturated carbocycles. The number of hydrogen-bond donors (Lipinski definition) is 2. The van der Waals surface area contributed by atoms with Crippen LogP contribution in [0.1, 0.15) is 48.5 Å². The molecule has 5 nitrogen and oxygen atoms in total. The molecule has 1 heterocycles. The van der Waals surface area contributed by atoms with Gasteiger partial charge < -0.3 is 15.2 Å². The summed E-state index contributed by atoms with van der Waals surface area (Å²) >= 11 is 0. The highest BCUT2D eigenvalue weighted by molar-refractivity contribution is 5.87. The molecule has 0 spiro atoms. The van der Waals surface area contributed by atoms with E-state index in [1.807, 2.05) is 0 Å². The van der Waals surface area contributed by atoms with Crippen LogP contribution in [0.4, 0.5) is 0 Å². The average Bonchev–Trinajstić information content (AvgIpc) is 2.89. The van der Waals surface area contributed by atoms with Gasteiger partial charge in [-0.05, 0) is 43.9 Å². The first kappa shape index (κ1) is 15.5. The summed E-state index contributed by atoms with van der Waals surface area (Å²) in [7, 11) is 0. The Kier molecular flexibility index (Phi) is 5.33. The van der Waals surface area contributed by atoms with Gasteiger partial charge in [0.1, 0.15) is 0 Å². The number of carbonyl (C=O) groups excluding carboxylic acids is 1. The fraction of sp³-hybridized carbons (Fsp3) is 0.500. The van der Waals surface area contributed by atoms with Gasteiger partial charge in [-0.3, -0.25) is 4.79 Å². The van der Waals surface area contributed by atoms with Crippen LogP contribution in [-0.4, -0.2) is 29.2 Å². The van der Waals surface area contributed by atoms with E-state index in [1.165, 1.54) is 12.1 Å². The van der Waals surface area contributed by atoms with E-state index < -0.39 is 5.97 Å². The number of benzene rings is 1. The predicted octanol–water partition coefficient (Wildman–Crippen LogP) is 2.35. The first-order chi connectivity index (χ1) is 10.0. The zero-order chi connectivity index (χ0) is 15.2. The van der Waals surface area contributed by atoms with Crippen LogP contribution in [0.5, 0.6) is 0 Å². The third-order valence-corrected chi connectivity index (χ3v) is 3.70. The minimum atomic E-state index is -0.948. The molecule has 0 unspecified atom stereocenters. The minimum Gasteiger partial charge on any atom is -0.478 e. The maximum absolute atomic E-state index is 11.8. The van der Waals surface area contributed by atoms with Crippen molar-refractivity contribution in [3.05, 3.63) is 35.4 Å². The Bertz CT molecular complexity index is 498. The summed E-state index contributed by atoms with van der Waals surface area (Å²) in [4.78, 5) is 22.5. The number of carbonyl (C=O) groups is 2. The summed E-state index contributed by atoms with van der Waals surface area (Å²) in [6, 6.07) is 6.51. The molecule has 0 aromatic heterocycles. The van der Waals surface area contributed by atoms with Crippen molar-refractivity contribution in [2.75, 3.05) is 0 Å². The van der Waals surface area contributed by atoms with E-state index in [0.717, 1.165) is 24.8 Å². The number of carboxylic acid groups (broad SMARTS) is 1. The van der Waals surface area contributed by atoms with Gasteiger partial charge in [0.15, 0.2) is 0 Å². The van der Waals surface area contributed by atoms with Gasteiger partial charge in [-0.15, -0.1) is 0 Å². The number of nitrogens with one attached hydrogen (secondary N) is 1. The van der Waals surface area contributed by atoms with Crippen molar-refractivity contribution in [2.45, 2.75) is 51.4 Å². The third-order valence-electron chi connectivity index (χ3n) is 3.70. The zero-order valence-electron chi connectivity index (χ0n) is 12.2. The van der Waals surface area contributed by atoms with Gasteiger partial charge in [-0.1, -0.05) is 12.1 Å². The second-order valence-corrected chi connectivity index (χ2v) is 5.46. The number of ether oxygens (including phenoxy) is 1. The molecular formula is C16H21NO4. The van der Waals surface area contributed by atoms with Crippen LogP contribution in [0.25, 0.3) is 0 Å². The molecule has 1 amide bonds. The van der Waals surface area contributed by atoms with Crippen molar-refractivity contribution in [1.29, 1.82) is 0 Å². The lowest BCUT2D eigenvalue weighted by molar-refractivity contribution is -0.122. The van der Waals surface area contributed by atoms with E-state index in [9.17, 15) is 9.59 Å². The van der Waals surface area contributed by atoms with Crippen molar-refractivity contribution < 1.29 is 19.4 Å². The Morgan fingerprint density at radius 2 is 2.00 bits per heavy atom. The van der Waals surface area contributed by atoms with E-state index in [4.69, 9.17) is 9.84 Å². The van der Waals surface area contributed by atoms with Crippen molar-refractivity contribution in [3.8, 4) is 0 Å². The topological polar surface area (TPSA) is 75.6 Å². The largest absolute Gasteiger partial charge is 0.478 e. The number of carboxylic acids is 1. The molecule has 1 aliphatic heterocycles. The van der Waals surface area contributed by atoms with Crippen LogP contribution in [0.3, 0.4) is 0 Å². The molecular weight excluding hydrogens is 270 g/mol. The molecule has 114 valence electrons. The van der Waals surface area contributed by atoms with Gasteiger partial charge in [0, 0.05) is 13.0 Å². The standard InChI is InChI=1S/C16H21NO4/c1-11-2-7-14(21-11)8-9-15(18)17-10-12-3-5-13(6-4-12)16(19)20/h3-6,11,14H,2,7-10H2,1H3,(H,17,18)(H,19,20)/t11-,14-/m0/s1. The molecule has 1 aromatic carbocycles. The van der Waals surface area contributed by atoms with Crippen LogP contribution in [0.2, 0.25) is 0 Å². The van der Waals surface area contributed by atoms with Crippen LogP contribution in [0, 0.1) is 0 Å². The predicted molar refractivity (Wildman–Crippen MR) is 78.1 cm³/mol. The van der Waals surface area contributed by atoms with Gasteiger partial charge in [-0.2, -0.15) is 0 Å². The van der Waals surface area contributed by atoms with Crippen LogP contribution in [-0.2, 0) is 16.1 Å². The summed E-state index contributed by atoms with van der Waals surface area (Å²) in [6.07, 6.45) is 3.85.